The molecule has 0 fully saturated rings. The molecule has 0 saturated carbocycles. The van der Waals surface area contributed by atoms with Crippen molar-refractivity contribution in [1.82, 2.24) is 0 Å². The van der Waals surface area contributed by atoms with Crippen LogP contribution in [0.5, 0.6) is 0 Å². The fourth-order valence-corrected chi connectivity index (χ4v) is 1.05. The maximum atomic E-state index is 5.70. The van der Waals surface area contributed by atoms with Crippen molar-refractivity contribution >= 4 is 34.4 Å². The molecule has 0 saturated heterocycles. The van der Waals surface area contributed by atoms with Gasteiger partial charge in [0.1, 0.15) is 5.02 Å². The fraction of sp³-hybridized carbons (Fsp3) is 0. The summed E-state index contributed by atoms with van der Waals surface area (Å²) in [6.45, 7) is 0. The van der Waals surface area contributed by atoms with E-state index in [-0.39, 0.29) is 0 Å². The van der Waals surface area contributed by atoms with Crippen LogP contribution >= 0.6 is 23.2 Å². The van der Waals surface area contributed by atoms with E-state index in [4.69, 9.17) is 23.2 Å². The summed E-state index contributed by atoms with van der Waals surface area (Å²) >= 11 is 11.3. The summed E-state index contributed by atoms with van der Waals surface area (Å²) in [7, 11) is 0. The molecule has 2 nitrogen and oxygen atoms in total. The van der Waals surface area contributed by atoms with Gasteiger partial charge < -0.3 is 0 Å². The smallest absolute Gasteiger partial charge is 0.245 e. The van der Waals surface area contributed by atoms with Gasteiger partial charge in [-0.1, -0.05) is 23.2 Å². The minimum atomic E-state index is 0.408. The molecule has 0 aliphatic carbocycles. The Bertz CT molecular complexity index is 361. The second-order valence-corrected chi connectivity index (χ2v) is 2.64. The number of halogens is 2. The zero-order valence-corrected chi connectivity index (χ0v) is 6.24. The SMILES string of the molecule is Clc1ccc2ooc2c1Cl. The molecule has 0 unspecified atom stereocenters. The third kappa shape index (κ3) is 0.662. The molecule has 2 rings (SSSR count). The lowest BCUT2D eigenvalue weighted by atomic mass is 10.3. The molecule has 0 aliphatic heterocycles. The van der Waals surface area contributed by atoms with Gasteiger partial charge in [0.25, 0.3) is 0 Å². The first kappa shape index (κ1) is 6.13. The topological polar surface area (TPSA) is 26.3 Å². The molecule has 4 heteroatoms. The van der Waals surface area contributed by atoms with Gasteiger partial charge in [0.05, 0.1) is 5.02 Å². The van der Waals surface area contributed by atoms with Crippen molar-refractivity contribution in [2.75, 3.05) is 0 Å². The van der Waals surface area contributed by atoms with E-state index in [0.29, 0.717) is 21.2 Å². The second-order valence-electron chi connectivity index (χ2n) is 1.86. The molecule has 10 heavy (non-hydrogen) atoms. The molecule has 1 aromatic heterocycles. The van der Waals surface area contributed by atoms with Gasteiger partial charge >= 0.3 is 0 Å². The van der Waals surface area contributed by atoms with Crippen LogP contribution in [0.15, 0.2) is 21.3 Å². The van der Waals surface area contributed by atoms with E-state index in [9.17, 15) is 0 Å². The summed E-state index contributed by atoms with van der Waals surface area (Å²) in [5.41, 5.74) is 1.16. The molecule has 1 aromatic carbocycles. The van der Waals surface area contributed by atoms with Crippen LogP contribution in [0.25, 0.3) is 11.2 Å². The molecule has 0 atom stereocenters. The van der Waals surface area contributed by atoms with E-state index >= 15 is 0 Å². The summed E-state index contributed by atoms with van der Waals surface area (Å²) in [6, 6.07) is 3.36. The Morgan fingerprint density at radius 3 is 2.40 bits per heavy atom. The minimum absolute atomic E-state index is 0.408. The van der Waals surface area contributed by atoms with Crippen LogP contribution in [0.1, 0.15) is 0 Å². The first-order chi connectivity index (χ1) is 4.79. The highest BCUT2D eigenvalue weighted by Crippen LogP contribution is 2.32. The standard InChI is InChI=1S/C6H2Cl2O2/c7-3-1-2-4-6(5(3)8)10-9-4/h1-2H. The molecule has 0 aliphatic rings. The van der Waals surface area contributed by atoms with Crippen molar-refractivity contribution in [3.8, 4) is 0 Å². The predicted molar refractivity (Wildman–Crippen MR) is 38.5 cm³/mol. The Labute approximate surface area is 66.2 Å². The molecule has 1 heterocycles. The molecule has 0 amide bonds. The first-order valence-corrected chi connectivity index (χ1v) is 3.37. The zero-order valence-electron chi connectivity index (χ0n) is 4.73. The van der Waals surface area contributed by atoms with Crippen molar-refractivity contribution in [2.24, 2.45) is 0 Å². The third-order valence-corrected chi connectivity index (χ3v) is 2.02. The Morgan fingerprint density at radius 2 is 1.90 bits per heavy atom. The van der Waals surface area contributed by atoms with Crippen LogP contribution in [0.3, 0.4) is 0 Å². The molecular formula is C6H2Cl2O2. The summed E-state index contributed by atoms with van der Waals surface area (Å²) in [5, 5.41) is 0.883. The van der Waals surface area contributed by atoms with Crippen molar-refractivity contribution in [3.63, 3.8) is 0 Å². The van der Waals surface area contributed by atoms with Crippen molar-refractivity contribution in [3.05, 3.63) is 22.2 Å². The van der Waals surface area contributed by atoms with E-state index in [1.807, 2.05) is 0 Å². The van der Waals surface area contributed by atoms with E-state index in [0.717, 1.165) is 0 Å². The number of hydrogen-bond acceptors (Lipinski definition) is 2. The number of benzene rings is 1. The van der Waals surface area contributed by atoms with Crippen molar-refractivity contribution in [1.29, 1.82) is 0 Å². The average molecular weight is 177 g/mol. The predicted octanol–water partition coefficient (Wildman–Crippen LogP) is 3.33. The molecular weight excluding hydrogens is 175 g/mol. The van der Waals surface area contributed by atoms with Crippen LogP contribution in [-0.4, -0.2) is 0 Å². The van der Waals surface area contributed by atoms with Gasteiger partial charge in [0.15, 0.2) is 0 Å². The maximum absolute atomic E-state index is 5.70. The van der Waals surface area contributed by atoms with Crippen LogP contribution in [0.2, 0.25) is 10.0 Å². The molecule has 0 spiro atoms. The zero-order chi connectivity index (χ0) is 7.14. The maximum Gasteiger partial charge on any atom is 0.245 e. The lowest BCUT2D eigenvalue weighted by molar-refractivity contribution is 0.0590. The van der Waals surface area contributed by atoms with E-state index in [1.54, 1.807) is 12.1 Å². The van der Waals surface area contributed by atoms with Crippen LogP contribution < -0.4 is 0 Å². The number of hydrogen-bond donors (Lipinski definition) is 0. The molecule has 0 radical (unpaired) electrons. The summed E-state index contributed by atoms with van der Waals surface area (Å²) in [6.07, 6.45) is 0. The fourth-order valence-electron chi connectivity index (χ4n) is 0.710. The average Bonchev–Trinajstić information content (AvgIpc) is 1.82. The highest BCUT2D eigenvalue weighted by atomic mass is 35.5. The molecule has 0 N–H and O–H groups in total. The van der Waals surface area contributed by atoms with E-state index in [1.165, 1.54) is 0 Å². The number of rotatable bonds is 0. The lowest BCUT2D eigenvalue weighted by Crippen LogP contribution is -1.77. The minimum Gasteiger partial charge on any atom is -0.285 e. The highest BCUT2D eigenvalue weighted by Gasteiger charge is 2.11. The van der Waals surface area contributed by atoms with Gasteiger partial charge in [-0.3, -0.25) is 9.15 Å². The Morgan fingerprint density at radius 1 is 1.10 bits per heavy atom. The van der Waals surface area contributed by atoms with Crippen LogP contribution in [-0.2, 0) is 0 Å². The van der Waals surface area contributed by atoms with E-state index < -0.39 is 0 Å². The van der Waals surface area contributed by atoms with Crippen LogP contribution in [0, 0.1) is 0 Å². The Kier molecular flexibility index (Phi) is 1.19. The van der Waals surface area contributed by atoms with E-state index in [2.05, 4.69) is 9.15 Å². The first-order valence-electron chi connectivity index (χ1n) is 2.61. The second kappa shape index (κ2) is 1.94. The van der Waals surface area contributed by atoms with Gasteiger partial charge in [-0.25, -0.2) is 0 Å². The summed E-state index contributed by atoms with van der Waals surface area (Å²) in [5.74, 6) is 0. The van der Waals surface area contributed by atoms with Gasteiger partial charge in [-0.05, 0) is 12.1 Å². The highest BCUT2D eigenvalue weighted by molar-refractivity contribution is 6.44. The third-order valence-electron chi connectivity index (χ3n) is 1.23. The summed E-state index contributed by atoms with van der Waals surface area (Å²) < 4.78 is 9.14. The quantitative estimate of drug-likeness (QED) is 0.576. The monoisotopic (exact) mass is 176 g/mol. The van der Waals surface area contributed by atoms with Gasteiger partial charge in [-0.15, -0.1) is 0 Å². The van der Waals surface area contributed by atoms with Crippen molar-refractivity contribution < 1.29 is 9.15 Å². The van der Waals surface area contributed by atoms with Crippen LogP contribution in [0.4, 0.5) is 0 Å². The molecule has 52 valence electrons. The van der Waals surface area contributed by atoms with Gasteiger partial charge in [-0.2, -0.15) is 0 Å². The largest absolute Gasteiger partial charge is 0.285 e. The van der Waals surface area contributed by atoms with Crippen molar-refractivity contribution in [2.45, 2.75) is 0 Å². The molecule has 2 aromatic rings. The normalized spacial score (nSPS) is 11.0. The van der Waals surface area contributed by atoms with Gasteiger partial charge in [0, 0.05) is 0 Å². The number of fused-ring (bicyclic) bond motifs is 1. The summed E-state index contributed by atoms with van der Waals surface area (Å²) in [4.78, 5) is 0. The lowest BCUT2D eigenvalue weighted by Gasteiger charge is -1.99. The molecule has 0 bridgehead atoms. The Balaban J connectivity index is 2.84. The van der Waals surface area contributed by atoms with Gasteiger partial charge in [0.2, 0.25) is 11.2 Å². The Hall–Kier alpha value is -0.600.